The molecule has 0 saturated carbocycles. The molecule has 0 N–H and O–H groups in total. The minimum absolute atomic E-state index is 0.465. The Hall–Kier alpha value is -1.70. The van der Waals surface area contributed by atoms with Crippen molar-refractivity contribution in [3.05, 3.63) is 41.4 Å². The fourth-order valence-electron chi connectivity index (χ4n) is 2.56. The van der Waals surface area contributed by atoms with Gasteiger partial charge in [0.1, 0.15) is 0 Å². The standard InChI is InChI=1S/C15H17ClN4O2S/c1-23(21,22)20-10-8-19(9-11-20)15-7-6-14(17-18-15)12-4-2-3-5-13(12)16/h2-7H,8-11H2,1H3. The molecule has 6 nitrogen and oxygen atoms in total. The van der Waals surface area contributed by atoms with E-state index in [0.29, 0.717) is 36.9 Å². The lowest BCUT2D eigenvalue weighted by molar-refractivity contribution is 0.386. The van der Waals surface area contributed by atoms with Crippen molar-refractivity contribution in [3.63, 3.8) is 0 Å². The lowest BCUT2D eigenvalue weighted by Crippen LogP contribution is -2.48. The van der Waals surface area contributed by atoms with Gasteiger partial charge >= 0.3 is 0 Å². The Kier molecular flexibility index (Phi) is 4.52. The summed E-state index contributed by atoms with van der Waals surface area (Å²) in [4.78, 5) is 2.03. The minimum Gasteiger partial charge on any atom is -0.352 e. The van der Waals surface area contributed by atoms with Crippen molar-refractivity contribution in [3.8, 4) is 11.3 Å². The third kappa shape index (κ3) is 3.63. The number of aromatic nitrogens is 2. The Bertz CT molecular complexity index is 787. The molecule has 122 valence electrons. The number of piperazine rings is 1. The molecule has 0 spiro atoms. The number of rotatable bonds is 3. The van der Waals surface area contributed by atoms with Gasteiger partial charge in [0.15, 0.2) is 5.82 Å². The summed E-state index contributed by atoms with van der Waals surface area (Å²) in [6.45, 7) is 2.14. The number of nitrogens with zero attached hydrogens (tertiary/aromatic N) is 4. The van der Waals surface area contributed by atoms with Gasteiger partial charge in [0.25, 0.3) is 0 Å². The van der Waals surface area contributed by atoms with Gasteiger partial charge in [-0.1, -0.05) is 29.8 Å². The van der Waals surface area contributed by atoms with Crippen LogP contribution in [0.1, 0.15) is 0 Å². The van der Waals surface area contributed by atoms with Gasteiger partial charge in [-0.25, -0.2) is 8.42 Å². The smallest absolute Gasteiger partial charge is 0.211 e. The van der Waals surface area contributed by atoms with Crippen LogP contribution < -0.4 is 4.90 Å². The zero-order valence-corrected chi connectivity index (χ0v) is 14.3. The van der Waals surface area contributed by atoms with Gasteiger partial charge in [-0.2, -0.15) is 4.31 Å². The Morgan fingerprint density at radius 3 is 2.26 bits per heavy atom. The molecular weight excluding hydrogens is 336 g/mol. The van der Waals surface area contributed by atoms with E-state index in [0.717, 1.165) is 11.4 Å². The number of halogens is 1. The molecule has 1 aliphatic rings. The molecule has 1 fully saturated rings. The highest BCUT2D eigenvalue weighted by atomic mass is 35.5. The summed E-state index contributed by atoms with van der Waals surface area (Å²) in [6, 6.07) is 11.3. The zero-order chi connectivity index (χ0) is 16.4. The summed E-state index contributed by atoms with van der Waals surface area (Å²) in [6.07, 6.45) is 1.24. The first-order valence-corrected chi connectivity index (χ1v) is 9.46. The van der Waals surface area contributed by atoms with Crippen molar-refractivity contribution >= 4 is 27.4 Å². The van der Waals surface area contributed by atoms with Crippen molar-refractivity contribution in [2.45, 2.75) is 0 Å². The van der Waals surface area contributed by atoms with E-state index in [1.165, 1.54) is 10.6 Å². The third-order valence-corrected chi connectivity index (χ3v) is 5.46. The summed E-state index contributed by atoms with van der Waals surface area (Å²) in [5.41, 5.74) is 1.56. The molecule has 0 radical (unpaired) electrons. The quantitative estimate of drug-likeness (QED) is 0.843. The Labute approximate surface area is 140 Å². The van der Waals surface area contributed by atoms with E-state index in [1.54, 1.807) is 0 Å². The SMILES string of the molecule is CS(=O)(=O)N1CCN(c2ccc(-c3ccccc3Cl)nn2)CC1. The second-order valence-electron chi connectivity index (χ2n) is 5.41. The van der Waals surface area contributed by atoms with Crippen LogP contribution in [0.15, 0.2) is 36.4 Å². The van der Waals surface area contributed by atoms with Gasteiger partial charge in [0.2, 0.25) is 10.0 Å². The van der Waals surface area contributed by atoms with Crippen LogP contribution in [-0.4, -0.2) is 55.4 Å². The fraction of sp³-hybridized carbons (Fsp3) is 0.333. The Morgan fingerprint density at radius 1 is 1.00 bits per heavy atom. The van der Waals surface area contributed by atoms with E-state index >= 15 is 0 Å². The van der Waals surface area contributed by atoms with Crippen molar-refractivity contribution in [2.75, 3.05) is 37.3 Å². The van der Waals surface area contributed by atoms with Gasteiger partial charge in [-0.15, -0.1) is 10.2 Å². The molecule has 1 aromatic carbocycles. The zero-order valence-electron chi connectivity index (χ0n) is 12.7. The minimum atomic E-state index is -3.12. The highest BCUT2D eigenvalue weighted by Gasteiger charge is 2.24. The lowest BCUT2D eigenvalue weighted by atomic mass is 10.1. The van der Waals surface area contributed by atoms with Crippen molar-refractivity contribution in [1.82, 2.24) is 14.5 Å². The van der Waals surface area contributed by atoms with Crippen LogP contribution >= 0.6 is 11.6 Å². The van der Waals surface area contributed by atoms with Gasteiger partial charge in [0, 0.05) is 31.7 Å². The summed E-state index contributed by atoms with van der Waals surface area (Å²) in [5.74, 6) is 0.744. The Balaban J connectivity index is 1.73. The molecule has 0 bridgehead atoms. The molecule has 2 aromatic rings. The first-order valence-electron chi connectivity index (χ1n) is 7.24. The van der Waals surface area contributed by atoms with Crippen LogP contribution in [0.2, 0.25) is 5.02 Å². The van der Waals surface area contributed by atoms with Crippen LogP contribution in [0, 0.1) is 0 Å². The van der Waals surface area contributed by atoms with Crippen molar-refractivity contribution in [2.24, 2.45) is 0 Å². The largest absolute Gasteiger partial charge is 0.352 e. The molecule has 2 heterocycles. The number of benzene rings is 1. The predicted octanol–water partition coefficient (Wildman–Crippen LogP) is 1.88. The van der Waals surface area contributed by atoms with Gasteiger partial charge in [-0.3, -0.25) is 0 Å². The lowest BCUT2D eigenvalue weighted by Gasteiger charge is -2.33. The van der Waals surface area contributed by atoms with E-state index < -0.39 is 10.0 Å². The Morgan fingerprint density at radius 2 is 1.70 bits per heavy atom. The molecule has 1 aliphatic heterocycles. The second kappa shape index (κ2) is 6.43. The molecule has 0 aliphatic carbocycles. The number of hydrogen-bond acceptors (Lipinski definition) is 5. The van der Waals surface area contributed by atoms with Gasteiger partial charge in [-0.05, 0) is 18.2 Å². The average Bonchev–Trinajstić information content (AvgIpc) is 2.55. The van der Waals surface area contributed by atoms with Crippen LogP contribution in [0.25, 0.3) is 11.3 Å². The van der Waals surface area contributed by atoms with Gasteiger partial charge in [0.05, 0.1) is 17.0 Å². The maximum Gasteiger partial charge on any atom is 0.211 e. The van der Waals surface area contributed by atoms with E-state index in [-0.39, 0.29) is 0 Å². The maximum absolute atomic E-state index is 11.5. The third-order valence-electron chi connectivity index (χ3n) is 3.83. The summed E-state index contributed by atoms with van der Waals surface area (Å²) in [5, 5.41) is 9.14. The molecule has 0 amide bonds. The van der Waals surface area contributed by atoms with Crippen LogP contribution in [0.5, 0.6) is 0 Å². The van der Waals surface area contributed by atoms with E-state index in [4.69, 9.17) is 11.6 Å². The number of anilines is 1. The highest BCUT2D eigenvalue weighted by Crippen LogP contribution is 2.26. The average molecular weight is 353 g/mol. The van der Waals surface area contributed by atoms with Crippen molar-refractivity contribution < 1.29 is 8.42 Å². The molecular formula is C15H17ClN4O2S. The van der Waals surface area contributed by atoms with E-state index in [2.05, 4.69) is 10.2 Å². The fourth-order valence-corrected chi connectivity index (χ4v) is 3.61. The molecule has 23 heavy (non-hydrogen) atoms. The molecule has 0 unspecified atom stereocenters. The van der Waals surface area contributed by atoms with E-state index in [9.17, 15) is 8.42 Å². The van der Waals surface area contributed by atoms with Crippen LogP contribution in [0.4, 0.5) is 5.82 Å². The predicted molar refractivity (Wildman–Crippen MR) is 91.1 cm³/mol. The molecule has 3 rings (SSSR count). The number of sulfonamides is 1. The highest BCUT2D eigenvalue weighted by molar-refractivity contribution is 7.88. The first-order chi connectivity index (χ1) is 10.9. The summed E-state index contributed by atoms with van der Waals surface area (Å²) in [7, 11) is -3.12. The first kappa shape index (κ1) is 16.2. The molecule has 1 aromatic heterocycles. The maximum atomic E-state index is 11.5. The summed E-state index contributed by atoms with van der Waals surface area (Å²) >= 11 is 6.17. The molecule has 1 saturated heterocycles. The van der Waals surface area contributed by atoms with E-state index in [1.807, 2.05) is 41.3 Å². The van der Waals surface area contributed by atoms with Gasteiger partial charge < -0.3 is 4.90 Å². The monoisotopic (exact) mass is 352 g/mol. The topological polar surface area (TPSA) is 66.4 Å². The number of hydrogen-bond donors (Lipinski definition) is 0. The normalized spacial score (nSPS) is 16.5. The van der Waals surface area contributed by atoms with Crippen molar-refractivity contribution in [1.29, 1.82) is 0 Å². The molecule has 0 atom stereocenters. The van der Waals surface area contributed by atoms with Crippen LogP contribution in [-0.2, 0) is 10.0 Å². The second-order valence-corrected chi connectivity index (χ2v) is 7.80. The summed E-state index contributed by atoms with van der Waals surface area (Å²) < 4.78 is 24.5. The van der Waals surface area contributed by atoms with Crippen LogP contribution in [0.3, 0.4) is 0 Å². The molecule has 8 heteroatoms.